The van der Waals surface area contributed by atoms with E-state index >= 15 is 0 Å². The molecular weight excluding hydrogens is 517 g/mol. The van der Waals surface area contributed by atoms with Crippen LogP contribution in [0.1, 0.15) is 28.8 Å². The van der Waals surface area contributed by atoms with Gasteiger partial charge in [-0.2, -0.15) is 0 Å². The highest BCUT2D eigenvalue weighted by Gasteiger charge is 2.54. The number of carbonyl (C=O) groups excluding carboxylic acids is 3. The molecule has 0 unspecified atom stereocenters. The van der Waals surface area contributed by atoms with Crippen molar-refractivity contribution in [3.8, 4) is 0 Å². The highest BCUT2D eigenvalue weighted by atomic mass is 19.1. The number of nitrogens with one attached hydrogen (secondary N) is 1. The van der Waals surface area contributed by atoms with Crippen LogP contribution >= 0.6 is 0 Å². The van der Waals surface area contributed by atoms with Crippen LogP contribution in [0.15, 0.2) is 78.9 Å². The molecule has 0 aliphatic carbocycles. The van der Waals surface area contributed by atoms with Crippen molar-refractivity contribution in [1.82, 2.24) is 15.1 Å². The summed E-state index contributed by atoms with van der Waals surface area (Å²) in [5.41, 5.74) is 0.935. The molecule has 0 atom stereocenters. The van der Waals surface area contributed by atoms with Gasteiger partial charge in [0.2, 0.25) is 5.91 Å². The van der Waals surface area contributed by atoms with Gasteiger partial charge in [-0.3, -0.25) is 24.5 Å². The van der Waals surface area contributed by atoms with Crippen LogP contribution in [-0.4, -0.2) is 64.3 Å². The standard InChI is InChI=1S/C29H28FN5O5/c30-23-10-6-21(7-11-23)18-31-26(36)19-33-20-34(24-4-2-1-3-5-24)29(28(33)38)14-16-32(17-15-29)27(37)22-8-12-25(13-9-22)35(39)40/h1-13H,14-20H2,(H,31,36). The predicted molar refractivity (Wildman–Crippen MR) is 145 cm³/mol. The van der Waals surface area contributed by atoms with E-state index in [1.807, 2.05) is 35.2 Å². The molecule has 3 aromatic carbocycles. The highest BCUT2D eigenvalue weighted by Crippen LogP contribution is 2.39. The molecule has 1 N–H and O–H groups in total. The maximum absolute atomic E-state index is 13.9. The van der Waals surface area contributed by atoms with Crippen LogP contribution in [0.2, 0.25) is 0 Å². The Balaban J connectivity index is 1.28. The second kappa shape index (κ2) is 11.1. The van der Waals surface area contributed by atoms with Gasteiger partial charge in [0.15, 0.2) is 0 Å². The molecule has 3 amide bonds. The maximum Gasteiger partial charge on any atom is 0.269 e. The average molecular weight is 546 g/mol. The number of para-hydroxylation sites is 1. The van der Waals surface area contributed by atoms with Crippen LogP contribution in [0.25, 0.3) is 0 Å². The van der Waals surface area contributed by atoms with E-state index in [-0.39, 0.29) is 49.0 Å². The zero-order valence-corrected chi connectivity index (χ0v) is 21.7. The number of hydrogen-bond acceptors (Lipinski definition) is 6. The van der Waals surface area contributed by atoms with E-state index in [1.165, 1.54) is 41.3 Å². The Hall–Kier alpha value is -4.80. The first kappa shape index (κ1) is 26.8. The Labute approximate surface area is 230 Å². The molecule has 2 saturated heterocycles. The van der Waals surface area contributed by atoms with E-state index in [9.17, 15) is 28.9 Å². The first-order valence-corrected chi connectivity index (χ1v) is 12.9. The summed E-state index contributed by atoms with van der Waals surface area (Å²) in [4.78, 5) is 55.4. The minimum absolute atomic E-state index is 0.0917. The van der Waals surface area contributed by atoms with Crippen molar-refractivity contribution in [1.29, 1.82) is 0 Å². The number of amides is 3. The molecule has 0 saturated carbocycles. The van der Waals surface area contributed by atoms with Gasteiger partial charge in [0.25, 0.3) is 17.5 Å². The fourth-order valence-electron chi connectivity index (χ4n) is 5.34. The monoisotopic (exact) mass is 545 g/mol. The normalized spacial score (nSPS) is 16.3. The minimum atomic E-state index is -0.912. The Morgan fingerprint density at radius 3 is 2.23 bits per heavy atom. The van der Waals surface area contributed by atoms with E-state index < -0.39 is 10.5 Å². The predicted octanol–water partition coefficient (Wildman–Crippen LogP) is 3.33. The molecule has 3 aromatic rings. The van der Waals surface area contributed by atoms with Crippen molar-refractivity contribution >= 4 is 29.1 Å². The molecule has 0 aromatic heterocycles. The number of halogens is 1. The lowest BCUT2D eigenvalue weighted by Gasteiger charge is -2.43. The summed E-state index contributed by atoms with van der Waals surface area (Å²) in [6.07, 6.45) is 0.736. The van der Waals surface area contributed by atoms with Gasteiger partial charge >= 0.3 is 0 Å². The van der Waals surface area contributed by atoms with Crippen LogP contribution in [0, 0.1) is 15.9 Å². The molecule has 11 heteroatoms. The van der Waals surface area contributed by atoms with Gasteiger partial charge in [0, 0.05) is 43.0 Å². The third-order valence-corrected chi connectivity index (χ3v) is 7.52. The van der Waals surface area contributed by atoms with Gasteiger partial charge in [-0.05, 0) is 54.8 Å². The van der Waals surface area contributed by atoms with Gasteiger partial charge in [0.1, 0.15) is 17.9 Å². The number of non-ortho nitro benzene ring substituents is 1. The highest BCUT2D eigenvalue weighted by molar-refractivity contribution is 5.97. The number of nitrogens with zero attached hydrogens (tertiary/aromatic N) is 4. The molecule has 2 heterocycles. The summed E-state index contributed by atoms with van der Waals surface area (Å²) in [6.45, 7) is 0.944. The molecule has 0 bridgehead atoms. The van der Waals surface area contributed by atoms with Crippen LogP contribution in [0.4, 0.5) is 15.8 Å². The van der Waals surface area contributed by atoms with E-state index in [4.69, 9.17) is 0 Å². The van der Waals surface area contributed by atoms with Crippen molar-refractivity contribution in [3.63, 3.8) is 0 Å². The molecule has 0 radical (unpaired) electrons. The summed E-state index contributed by atoms with van der Waals surface area (Å²) >= 11 is 0. The Bertz CT molecular complexity index is 1410. The first-order chi connectivity index (χ1) is 19.3. The Morgan fingerprint density at radius 2 is 1.60 bits per heavy atom. The van der Waals surface area contributed by atoms with Crippen molar-refractivity contribution < 1.29 is 23.7 Å². The number of benzene rings is 3. The molecule has 1 spiro atoms. The van der Waals surface area contributed by atoms with E-state index in [0.717, 1.165) is 11.3 Å². The zero-order chi connectivity index (χ0) is 28.3. The number of hydrogen-bond donors (Lipinski definition) is 1. The molecular formula is C29H28FN5O5. The minimum Gasteiger partial charge on any atom is -0.350 e. The SMILES string of the molecule is O=C(CN1CN(c2ccccc2)C2(CCN(C(=O)c3ccc([N+](=O)[O-])cc3)CC2)C1=O)NCc1ccc(F)cc1. The second-order valence-electron chi connectivity index (χ2n) is 9.94. The van der Waals surface area contributed by atoms with E-state index in [1.54, 1.807) is 17.0 Å². The number of rotatable bonds is 7. The fourth-order valence-corrected chi connectivity index (χ4v) is 5.34. The van der Waals surface area contributed by atoms with Crippen LogP contribution in [-0.2, 0) is 16.1 Å². The summed E-state index contributed by atoms with van der Waals surface area (Å²) in [5, 5.41) is 13.7. The summed E-state index contributed by atoms with van der Waals surface area (Å²) in [7, 11) is 0. The summed E-state index contributed by atoms with van der Waals surface area (Å²) in [6, 6.07) is 20.8. The van der Waals surface area contributed by atoms with Gasteiger partial charge in [-0.15, -0.1) is 0 Å². The van der Waals surface area contributed by atoms with Crippen molar-refractivity contribution in [2.75, 3.05) is 31.2 Å². The lowest BCUT2D eigenvalue weighted by atomic mass is 9.85. The smallest absolute Gasteiger partial charge is 0.269 e. The van der Waals surface area contributed by atoms with Crippen LogP contribution in [0.3, 0.4) is 0 Å². The van der Waals surface area contributed by atoms with Gasteiger partial charge in [-0.1, -0.05) is 30.3 Å². The van der Waals surface area contributed by atoms with Gasteiger partial charge in [-0.25, -0.2) is 4.39 Å². The average Bonchev–Trinajstić information content (AvgIpc) is 3.23. The largest absolute Gasteiger partial charge is 0.350 e. The molecule has 10 nitrogen and oxygen atoms in total. The second-order valence-corrected chi connectivity index (χ2v) is 9.94. The van der Waals surface area contributed by atoms with E-state index in [0.29, 0.717) is 31.5 Å². The third-order valence-electron chi connectivity index (χ3n) is 7.52. The third kappa shape index (κ3) is 5.35. The van der Waals surface area contributed by atoms with Crippen molar-refractivity contribution in [3.05, 3.63) is 106 Å². The lowest BCUT2D eigenvalue weighted by Crippen LogP contribution is -2.57. The number of carbonyl (C=O) groups is 3. The zero-order valence-electron chi connectivity index (χ0n) is 21.7. The van der Waals surface area contributed by atoms with E-state index in [2.05, 4.69) is 5.32 Å². The Morgan fingerprint density at radius 1 is 0.950 bits per heavy atom. The number of anilines is 1. The quantitative estimate of drug-likeness (QED) is 0.360. The first-order valence-electron chi connectivity index (χ1n) is 12.9. The van der Waals surface area contributed by atoms with Gasteiger partial charge < -0.3 is 20.0 Å². The maximum atomic E-state index is 13.9. The summed E-state index contributed by atoms with van der Waals surface area (Å²) < 4.78 is 13.2. The van der Waals surface area contributed by atoms with Crippen LogP contribution in [0.5, 0.6) is 0 Å². The lowest BCUT2D eigenvalue weighted by molar-refractivity contribution is -0.384. The molecule has 206 valence electrons. The molecule has 40 heavy (non-hydrogen) atoms. The van der Waals surface area contributed by atoms with Crippen LogP contribution < -0.4 is 10.2 Å². The fraction of sp³-hybridized carbons (Fsp3) is 0.276. The molecule has 2 aliphatic rings. The molecule has 2 aliphatic heterocycles. The van der Waals surface area contributed by atoms with Crippen molar-refractivity contribution in [2.24, 2.45) is 0 Å². The number of piperidine rings is 1. The topological polar surface area (TPSA) is 116 Å². The van der Waals surface area contributed by atoms with Crippen molar-refractivity contribution in [2.45, 2.75) is 24.9 Å². The number of nitro groups is 1. The van der Waals surface area contributed by atoms with Gasteiger partial charge in [0.05, 0.1) is 11.6 Å². The number of nitro benzene ring substituents is 1. The molecule has 2 fully saturated rings. The molecule has 5 rings (SSSR count). The number of likely N-dealkylation sites (tertiary alicyclic amines) is 1. The Kier molecular flexibility index (Phi) is 7.45. The summed E-state index contributed by atoms with van der Waals surface area (Å²) in [5.74, 6) is -1.10.